The third-order valence-corrected chi connectivity index (χ3v) is 2.62. The lowest BCUT2D eigenvalue weighted by atomic mass is 10.1. The minimum Gasteiger partial charge on any atom is -0.0845 e. The van der Waals surface area contributed by atoms with Gasteiger partial charge in [-0.15, -0.1) is 0 Å². The molecule has 0 nitrogen and oxygen atoms in total. The van der Waals surface area contributed by atoms with Crippen LogP contribution in [0, 0.1) is 0 Å². The van der Waals surface area contributed by atoms with Crippen molar-refractivity contribution in [3.8, 4) is 0 Å². The van der Waals surface area contributed by atoms with Crippen LogP contribution < -0.4 is 0 Å². The maximum absolute atomic E-state index is 2.30. The van der Waals surface area contributed by atoms with Gasteiger partial charge in [0.15, 0.2) is 0 Å². The number of hydrogen-bond donors (Lipinski definition) is 0. The lowest BCUT2D eigenvalue weighted by Crippen LogP contribution is -1.79. The van der Waals surface area contributed by atoms with E-state index in [1.54, 1.807) is 0 Å². The fourth-order valence-corrected chi connectivity index (χ4v) is 1.76. The van der Waals surface area contributed by atoms with Crippen molar-refractivity contribution in [3.05, 3.63) is 24.3 Å². The Labute approximate surface area is 82.7 Å². The summed E-state index contributed by atoms with van der Waals surface area (Å²) in [6, 6.07) is 0. The van der Waals surface area contributed by atoms with Crippen LogP contribution in [0.15, 0.2) is 24.3 Å². The minimum atomic E-state index is 1.27. The van der Waals surface area contributed by atoms with E-state index in [0.717, 1.165) is 0 Å². The van der Waals surface area contributed by atoms with Crippen LogP contribution in [0.3, 0.4) is 0 Å². The van der Waals surface area contributed by atoms with Gasteiger partial charge in [-0.25, -0.2) is 0 Å². The first-order chi connectivity index (χ1) is 6.50. The molecule has 0 atom stereocenters. The molecule has 0 fully saturated rings. The van der Waals surface area contributed by atoms with Crippen molar-refractivity contribution in [3.63, 3.8) is 0 Å². The molecule has 0 radical (unpaired) electrons. The van der Waals surface area contributed by atoms with Gasteiger partial charge < -0.3 is 0 Å². The number of allylic oxidation sites excluding steroid dienone is 4. The highest BCUT2D eigenvalue weighted by Crippen LogP contribution is 2.10. The SMILES string of the molecule is C1=CCCCCCCCCC/C=C/1. The Morgan fingerprint density at radius 2 is 0.846 bits per heavy atom. The second-order valence-corrected chi connectivity index (χ2v) is 3.91. The van der Waals surface area contributed by atoms with Crippen LogP contribution in [0.1, 0.15) is 57.8 Å². The summed E-state index contributed by atoms with van der Waals surface area (Å²) in [5.41, 5.74) is 0. The highest BCUT2D eigenvalue weighted by atomic mass is 14.0. The Hall–Kier alpha value is -0.520. The first kappa shape index (κ1) is 10.6. The van der Waals surface area contributed by atoms with Crippen molar-refractivity contribution in [2.24, 2.45) is 0 Å². The van der Waals surface area contributed by atoms with Crippen LogP contribution in [-0.4, -0.2) is 0 Å². The fourth-order valence-electron chi connectivity index (χ4n) is 1.76. The van der Waals surface area contributed by atoms with Crippen molar-refractivity contribution in [2.75, 3.05) is 0 Å². The molecule has 0 heterocycles. The third-order valence-electron chi connectivity index (χ3n) is 2.62. The van der Waals surface area contributed by atoms with Crippen LogP contribution in [0.5, 0.6) is 0 Å². The zero-order valence-corrected chi connectivity index (χ0v) is 8.67. The van der Waals surface area contributed by atoms with Gasteiger partial charge in [0.25, 0.3) is 0 Å². The van der Waals surface area contributed by atoms with E-state index in [2.05, 4.69) is 24.3 Å². The largest absolute Gasteiger partial charge is 0.0845 e. The van der Waals surface area contributed by atoms with Gasteiger partial charge in [0.2, 0.25) is 0 Å². The van der Waals surface area contributed by atoms with Gasteiger partial charge >= 0.3 is 0 Å². The van der Waals surface area contributed by atoms with E-state index < -0.39 is 0 Å². The van der Waals surface area contributed by atoms with Crippen molar-refractivity contribution < 1.29 is 0 Å². The zero-order chi connectivity index (χ0) is 9.19. The average molecular weight is 178 g/mol. The summed E-state index contributed by atoms with van der Waals surface area (Å²) < 4.78 is 0. The first-order valence-corrected chi connectivity index (χ1v) is 5.82. The van der Waals surface area contributed by atoms with Crippen LogP contribution in [-0.2, 0) is 0 Å². The molecular weight excluding hydrogens is 156 g/mol. The summed E-state index contributed by atoms with van der Waals surface area (Å²) in [4.78, 5) is 0. The third kappa shape index (κ3) is 6.62. The Kier molecular flexibility index (Phi) is 6.58. The summed E-state index contributed by atoms with van der Waals surface area (Å²) >= 11 is 0. The molecular formula is C13H22. The van der Waals surface area contributed by atoms with Crippen LogP contribution >= 0.6 is 0 Å². The Morgan fingerprint density at radius 3 is 1.31 bits per heavy atom. The monoisotopic (exact) mass is 178 g/mol. The molecule has 0 saturated carbocycles. The summed E-state index contributed by atoms with van der Waals surface area (Å²) in [6.45, 7) is 0. The predicted octanol–water partition coefficient (Wildman–Crippen LogP) is 4.62. The molecule has 0 amide bonds. The molecule has 0 aliphatic heterocycles. The summed E-state index contributed by atoms with van der Waals surface area (Å²) in [6.07, 6.45) is 21.5. The lowest BCUT2D eigenvalue weighted by molar-refractivity contribution is 0.584. The first-order valence-electron chi connectivity index (χ1n) is 5.82. The van der Waals surface area contributed by atoms with Gasteiger partial charge in [-0.2, -0.15) is 0 Å². The molecule has 0 unspecified atom stereocenters. The zero-order valence-electron chi connectivity index (χ0n) is 8.67. The molecule has 13 heavy (non-hydrogen) atoms. The highest BCUT2D eigenvalue weighted by molar-refractivity contribution is 5.02. The van der Waals surface area contributed by atoms with Crippen molar-refractivity contribution >= 4 is 0 Å². The molecule has 0 aromatic carbocycles. The quantitative estimate of drug-likeness (QED) is 0.507. The van der Waals surface area contributed by atoms with Crippen molar-refractivity contribution in [1.82, 2.24) is 0 Å². The lowest BCUT2D eigenvalue weighted by Gasteiger charge is -1.99. The molecule has 1 aliphatic rings. The average Bonchev–Trinajstić information content (AvgIpc) is 2.18. The van der Waals surface area contributed by atoms with Crippen LogP contribution in [0.2, 0.25) is 0 Å². The van der Waals surface area contributed by atoms with Crippen LogP contribution in [0.4, 0.5) is 0 Å². The fraction of sp³-hybridized carbons (Fsp3) is 0.692. The van der Waals surface area contributed by atoms with E-state index in [0.29, 0.717) is 0 Å². The molecule has 0 spiro atoms. The summed E-state index contributed by atoms with van der Waals surface area (Å²) in [5.74, 6) is 0. The molecule has 0 N–H and O–H groups in total. The topological polar surface area (TPSA) is 0 Å². The van der Waals surface area contributed by atoms with E-state index in [1.807, 2.05) is 0 Å². The van der Waals surface area contributed by atoms with Gasteiger partial charge in [-0.05, 0) is 25.7 Å². The number of hydrogen-bond acceptors (Lipinski definition) is 0. The Bertz CT molecular complexity index is 135. The standard InChI is InChI=1S/C13H22/c1-2-4-6-8-10-12-13-11-9-7-5-3-1/h1-4H,5-13H2/b3-1+,4-2?. The smallest absolute Gasteiger partial charge is 0.0348 e. The molecule has 0 heteroatoms. The molecule has 74 valence electrons. The van der Waals surface area contributed by atoms with Crippen LogP contribution in [0.25, 0.3) is 0 Å². The molecule has 0 aromatic rings. The second-order valence-electron chi connectivity index (χ2n) is 3.91. The van der Waals surface area contributed by atoms with Gasteiger partial charge in [0, 0.05) is 0 Å². The van der Waals surface area contributed by atoms with Gasteiger partial charge in [0.1, 0.15) is 0 Å². The second kappa shape index (κ2) is 8.10. The molecule has 0 aromatic heterocycles. The normalized spacial score (nSPS) is 24.0. The van der Waals surface area contributed by atoms with E-state index in [4.69, 9.17) is 0 Å². The predicted molar refractivity (Wildman–Crippen MR) is 59.8 cm³/mol. The summed E-state index contributed by atoms with van der Waals surface area (Å²) in [7, 11) is 0. The van der Waals surface area contributed by atoms with Gasteiger partial charge in [-0.3, -0.25) is 0 Å². The maximum atomic E-state index is 2.30. The van der Waals surface area contributed by atoms with Gasteiger partial charge in [0.05, 0.1) is 0 Å². The highest BCUT2D eigenvalue weighted by Gasteiger charge is 1.91. The van der Waals surface area contributed by atoms with E-state index in [1.165, 1.54) is 57.8 Å². The van der Waals surface area contributed by atoms with E-state index in [-0.39, 0.29) is 0 Å². The molecule has 0 saturated heterocycles. The van der Waals surface area contributed by atoms with Gasteiger partial charge in [-0.1, -0.05) is 56.4 Å². The van der Waals surface area contributed by atoms with E-state index in [9.17, 15) is 0 Å². The summed E-state index contributed by atoms with van der Waals surface area (Å²) in [5, 5.41) is 0. The Morgan fingerprint density at radius 1 is 0.462 bits per heavy atom. The Balaban J connectivity index is 2.18. The molecule has 1 aliphatic carbocycles. The maximum Gasteiger partial charge on any atom is -0.0348 e. The van der Waals surface area contributed by atoms with E-state index >= 15 is 0 Å². The minimum absolute atomic E-state index is 1.27. The van der Waals surface area contributed by atoms with Crippen molar-refractivity contribution in [2.45, 2.75) is 57.8 Å². The van der Waals surface area contributed by atoms with Crippen molar-refractivity contribution in [1.29, 1.82) is 0 Å². The molecule has 1 rings (SSSR count). The number of rotatable bonds is 0. The molecule has 0 bridgehead atoms.